The summed E-state index contributed by atoms with van der Waals surface area (Å²) in [7, 11) is 0. The number of hydrogen-bond donors (Lipinski definition) is 2. The lowest BCUT2D eigenvalue weighted by atomic mass is 10.1. The van der Waals surface area contributed by atoms with Crippen molar-refractivity contribution in [2.24, 2.45) is 5.73 Å². The highest BCUT2D eigenvalue weighted by Gasteiger charge is 2.14. The number of aliphatic hydroxyl groups excluding tert-OH is 1. The maximum Gasteiger partial charge on any atom is 0.112 e. The molecule has 0 aliphatic heterocycles. The second-order valence-corrected chi connectivity index (χ2v) is 2.93. The second-order valence-electron chi connectivity index (χ2n) is 2.93. The van der Waals surface area contributed by atoms with Crippen LogP contribution in [0.4, 0.5) is 0 Å². The summed E-state index contributed by atoms with van der Waals surface area (Å²) in [5.41, 5.74) is 6.16. The Balaban J connectivity index is 2.74. The lowest BCUT2D eigenvalue weighted by molar-refractivity contribution is 0.149. The van der Waals surface area contributed by atoms with E-state index in [0.29, 0.717) is 5.69 Å². The van der Waals surface area contributed by atoms with Crippen LogP contribution in [-0.2, 0) is 6.54 Å². The van der Waals surface area contributed by atoms with Gasteiger partial charge in [-0.05, 0) is 13.8 Å². The molecule has 0 aliphatic rings. The van der Waals surface area contributed by atoms with Crippen molar-refractivity contribution in [1.82, 2.24) is 9.55 Å². The molecule has 1 aromatic rings. The summed E-state index contributed by atoms with van der Waals surface area (Å²) in [6.07, 6.45) is 2.85. The van der Waals surface area contributed by atoms with Crippen LogP contribution < -0.4 is 5.73 Å². The molecule has 0 bridgehead atoms. The van der Waals surface area contributed by atoms with Gasteiger partial charge in [-0.15, -0.1) is 0 Å². The van der Waals surface area contributed by atoms with E-state index < -0.39 is 6.10 Å². The number of imidazole rings is 1. The first kappa shape index (κ1) is 9.22. The van der Waals surface area contributed by atoms with Crippen molar-refractivity contribution in [2.45, 2.75) is 32.5 Å². The van der Waals surface area contributed by atoms with Crippen LogP contribution in [0.15, 0.2) is 12.5 Å². The average molecular weight is 169 g/mol. The van der Waals surface area contributed by atoms with Crippen LogP contribution >= 0.6 is 0 Å². The molecule has 3 N–H and O–H groups in total. The summed E-state index contributed by atoms with van der Waals surface area (Å²) >= 11 is 0. The molecule has 0 fully saturated rings. The topological polar surface area (TPSA) is 64.1 Å². The summed E-state index contributed by atoms with van der Waals surface area (Å²) in [5.74, 6) is 0. The molecule has 4 nitrogen and oxygen atoms in total. The quantitative estimate of drug-likeness (QED) is 0.683. The van der Waals surface area contributed by atoms with Gasteiger partial charge in [0, 0.05) is 18.8 Å². The summed E-state index contributed by atoms with van der Waals surface area (Å²) in [6, 6.07) is -0.273. The summed E-state index contributed by atoms with van der Waals surface area (Å²) in [4.78, 5) is 4.04. The van der Waals surface area contributed by atoms with E-state index in [9.17, 15) is 5.11 Å². The zero-order valence-electron chi connectivity index (χ0n) is 7.44. The van der Waals surface area contributed by atoms with E-state index in [1.165, 1.54) is 0 Å². The second kappa shape index (κ2) is 3.69. The fourth-order valence-electron chi connectivity index (χ4n) is 0.972. The van der Waals surface area contributed by atoms with E-state index in [0.717, 1.165) is 6.54 Å². The van der Waals surface area contributed by atoms with Crippen molar-refractivity contribution in [3.8, 4) is 0 Å². The van der Waals surface area contributed by atoms with Crippen LogP contribution in [-0.4, -0.2) is 20.7 Å². The predicted octanol–water partition coefficient (Wildman–Crippen LogP) is 0.284. The number of aromatic nitrogens is 2. The minimum Gasteiger partial charge on any atom is -0.385 e. The Morgan fingerprint density at radius 1 is 1.75 bits per heavy atom. The van der Waals surface area contributed by atoms with Gasteiger partial charge in [0.1, 0.15) is 6.10 Å². The van der Waals surface area contributed by atoms with Gasteiger partial charge in [-0.2, -0.15) is 0 Å². The lowest BCUT2D eigenvalue weighted by Gasteiger charge is -2.10. The van der Waals surface area contributed by atoms with Gasteiger partial charge < -0.3 is 15.4 Å². The summed E-state index contributed by atoms with van der Waals surface area (Å²) < 4.78 is 1.90. The zero-order valence-corrected chi connectivity index (χ0v) is 7.44. The van der Waals surface area contributed by atoms with Crippen molar-refractivity contribution >= 4 is 0 Å². The predicted molar refractivity (Wildman–Crippen MR) is 46.5 cm³/mol. The van der Waals surface area contributed by atoms with E-state index >= 15 is 0 Å². The van der Waals surface area contributed by atoms with Crippen LogP contribution in [0.2, 0.25) is 0 Å². The monoisotopic (exact) mass is 169 g/mol. The molecule has 0 saturated heterocycles. The Morgan fingerprint density at radius 2 is 2.42 bits per heavy atom. The van der Waals surface area contributed by atoms with Crippen LogP contribution in [0.1, 0.15) is 25.6 Å². The SMILES string of the molecule is CCn1cnc(C(O)C(C)N)c1. The Kier molecular flexibility index (Phi) is 2.83. The first-order valence-electron chi connectivity index (χ1n) is 4.10. The summed E-state index contributed by atoms with van der Waals surface area (Å²) in [6.45, 7) is 4.64. The Hall–Kier alpha value is -0.870. The van der Waals surface area contributed by atoms with Crippen molar-refractivity contribution < 1.29 is 5.11 Å². The number of rotatable bonds is 3. The van der Waals surface area contributed by atoms with Crippen molar-refractivity contribution in [1.29, 1.82) is 0 Å². The number of hydrogen-bond acceptors (Lipinski definition) is 3. The van der Waals surface area contributed by atoms with Gasteiger partial charge in [0.15, 0.2) is 0 Å². The van der Waals surface area contributed by atoms with Crippen LogP contribution in [0.5, 0.6) is 0 Å². The summed E-state index contributed by atoms with van der Waals surface area (Å²) in [5, 5.41) is 9.51. The van der Waals surface area contributed by atoms with Crippen molar-refractivity contribution in [2.75, 3.05) is 0 Å². The Bertz CT molecular complexity index is 244. The smallest absolute Gasteiger partial charge is 0.112 e. The molecule has 68 valence electrons. The van der Waals surface area contributed by atoms with E-state index in [4.69, 9.17) is 5.73 Å². The van der Waals surface area contributed by atoms with Crippen molar-refractivity contribution in [3.05, 3.63) is 18.2 Å². The van der Waals surface area contributed by atoms with Gasteiger partial charge in [0.05, 0.1) is 12.0 Å². The van der Waals surface area contributed by atoms with Crippen LogP contribution in [0.25, 0.3) is 0 Å². The number of nitrogens with zero attached hydrogens (tertiary/aromatic N) is 2. The molecule has 1 aromatic heterocycles. The fraction of sp³-hybridized carbons (Fsp3) is 0.625. The largest absolute Gasteiger partial charge is 0.385 e. The van der Waals surface area contributed by atoms with E-state index in [2.05, 4.69) is 4.98 Å². The standard InChI is InChI=1S/C8H15N3O/c1-3-11-4-7(10-5-11)8(12)6(2)9/h4-6,8,12H,3,9H2,1-2H3. The molecule has 0 saturated carbocycles. The number of nitrogens with two attached hydrogens (primary N) is 1. The normalized spacial score (nSPS) is 16.0. The fourth-order valence-corrected chi connectivity index (χ4v) is 0.972. The van der Waals surface area contributed by atoms with E-state index in [1.807, 2.05) is 17.7 Å². The molecular formula is C8H15N3O. The zero-order chi connectivity index (χ0) is 9.14. The van der Waals surface area contributed by atoms with Gasteiger partial charge in [-0.25, -0.2) is 4.98 Å². The van der Waals surface area contributed by atoms with Gasteiger partial charge in [-0.1, -0.05) is 0 Å². The molecule has 0 amide bonds. The molecule has 0 aromatic carbocycles. The first-order valence-corrected chi connectivity index (χ1v) is 4.10. The molecule has 1 rings (SSSR count). The Morgan fingerprint density at radius 3 is 2.83 bits per heavy atom. The molecule has 0 spiro atoms. The van der Waals surface area contributed by atoms with Gasteiger partial charge in [-0.3, -0.25) is 0 Å². The molecule has 4 heteroatoms. The third kappa shape index (κ3) is 1.84. The molecular weight excluding hydrogens is 154 g/mol. The molecule has 2 unspecified atom stereocenters. The maximum absolute atomic E-state index is 9.51. The number of aryl methyl sites for hydroxylation is 1. The molecule has 1 heterocycles. The highest BCUT2D eigenvalue weighted by atomic mass is 16.3. The van der Waals surface area contributed by atoms with Gasteiger partial charge in [0.25, 0.3) is 0 Å². The Labute approximate surface area is 72.0 Å². The molecule has 12 heavy (non-hydrogen) atoms. The van der Waals surface area contributed by atoms with Crippen molar-refractivity contribution in [3.63, 3.8) is 0 Å². The van der Waals surface area contributed by atoms with E-state index in [-0.39, 0.29) is 6.04 Å². The molecule has 0 radical (unpaired) electrons. The highest BCUT2D eigenvalue weighted by Crippen LogP contribution is 2.12. The van der Waals surface area contributed by atoms with Crippen LogP contribution in [0.3, 0.4) is 0 Å². The van der Waals surface area contributed by atoms with Crippen LogP contribution in [0, 0.1) is 0 Å². The minimum absolute atomic E-state index is 0.273. The van der Waals surface area contributed by atoms with Gasteiger partial charge in [0.2, 0.25) is 0 Å². The number of aliphatic hydroxyl groups is 1. The average Bonchev–Trinajstić information content (AvgIpc) is 2.50. The molecule has 2 atom stereocenters. The van der Waals surface area contributed by atoms with E-state index in [1.54, 1.807) is 13.3 Å². The maximum atomic E-state index is 9.51. The lowest BCUT2D eigenvalue weighted by Crippen LogP contribution is -2.24. The highest BCUT2D eigenvalue weighted by molar-refractivity contribution is 5.03. The first-order chi connectivity index (χ1) is 5.65. The third-order valence-electron chi connectivity index (χ3n) is 1.82. The third-order valence-corrected chi connectivity index (χ3v) is 1.82. The molecule has 0 aliphatic carbocycles. The van der Waals surface area contributed by atoms with Gasteiger partial charge >= 0.3 is 0 Å². The minimum atomic E-state index is -0.655.